The van der Waals surface area contributed by atoms with Crippen LogP contribution < -0.4 is 5.32 Å². The number of methoxy groups -OCH3 is 1. The first-order valence-electron chi connectivity index (χ1n) is 4.54. The van der Waals surface area contributed by atoms with Crippen molar-refractivity contribution in [2.45, 2.75) is 32.9 Å². The van der Waals surface area contributed by atoms with Gasteiger partial charge in [-0.3, -0.25) is 0 Å². The van der Waals surface area contributed by atoms with E-state index in [-0.39, 0.29) is 0 Å². The molecular formula is C9H21NO2. The van der Waals surface area contributed by atoms with E-state index in [0.29, 0.717) is 18.8 Å². The van der Waals surface area contributed by atoms with Gasteiger partial charge in [0.05, 0.1) is 25.4 Å². The minimum Gasteiger partial charge on any atom is -0.383 e. The van der Waals surface area contributed by atoms with Crippen LogP contribution in [-0.2, 0) is 9.47 Å². The van der Waals surface area contributed by atoms with Gasteiger partial charge in [-0.2, -0.15) is 0 Å². The summed E-state index contributed by atoms with van der Waals surface area (Å²) in [5.74, 6) is 0. The van der Waals surface area contributed by atoms with E-state index >= 15 is 0 Å². The molecule has 12 heavy (non-hydrogen) atoms. The summed E-state index contributed by atoms with van der Waals surface area (Å²) in [6.07, 6.45) is 0.294. The van der Waals surface area contributed by atoms with Crippen LogP contribution in [0.2, 0.25) is 0 Å². The summed E-state index contributed by atoms with van der Waals surface area (Å²) in [7, 11) is 1.71. The van der Waals surface area contributed by atoms with Crippen molar-refractivity contribution in [1.29, 1.82) is 0 Å². The van der Waals surface area contributed by atoms with Gasteiger partial charge >= 0.3 is 0 Å². The lowest BCUT2D eigenvalue weighted by Gasteiger charge is -2.18. The Bertz CT molecular complexity index is 90.5. The van der Waals surface area contributed by atoms with Crippen molar-refractivity contribution in [3.05, 3.63) is 0 Å². The van der Waals surface area contributed by atoms with Crippen molar-refractivity contribution in [2.75, 3.05) is 26.9 Å². The molecule has 0 bridgehead atoms. The number of hydrogen-bond acceptors (Lipinski definition) is 3. The summed E-state index contributed by atoms with van der Waals surface area (Å²) in [5, 5.41) is 3.29. The molecule has 74 valence electrons. The molecule has 3 heteroatoms. The van der Waals surface area contributed by atoms with Crippen LogP contribution in [0.25, 0.3) is 0 Å². The molecule has 0 aliphatic carbocycles. The van der Waals surface area contributed by atoms with Crippen molar-refractivity contribution in [3.63, 3.8) is 0 Å². The van der Waals surface area contributed by atoms with Gasteiger partial charge in [-0.05, 0) is 20.4 Å². The fourth-order valence-electron chi connectivity index (χ4n) is 0.964. The van der Waals surface area contributed by atoms with Crippen LogP contribution in [0.15, 0.2) is 0 Å². The monoisotopic (exact) mass is 175 g/mol. The van der Waals surface area contributed by atoms with Crippen molar-refractivity contribution in [2.24, 2.45) is 0 Å². The summed E-state index contributed by atoms with van der Waals surface area (Å²) in [5.41, 5.74) is 0. The molecular weight excluding hydrogens is 154 g/mol. The van der Waals surface area contributed by atoms with Gasteiger partial charge in [-0.15, -0.1) is 0 Å². The third kappa shape index (κ3) is 6.58. The fraction of sp³-hybridized carbons (Fsp3) is 1.00. The van der Waals surface area contributed by atoms with Crippen molar-refractivity contribution < 1.29 is 9.47 Å². The molecule has 0 aliphatic rings. The molecule has 1 N–H and O–H groups in total. The third-order valence-corrected chi connectivity index (χ3v) is 1.49. The van der Waals surface area contributed by atoms with E-state index in [9.17, 15) is 0 Å². The van der Waals surface area contributed by atoms with Crippen molar-refractivity contribution in [3.8, 4) is 0 Å². The van der Waals surface area contributed by atoms with Gasteiger partial charge in [-0.25, -0.2) is 0 Å². The number of likely N-dealkylation sites (N-methyl/N-ethyl adjacent to an activating group) is 1. The molecule has 0 amide bonds. The van der Waals surface area contributed by atoms with Crippen LogP contribution in [0.1, 0.15) is 20.8 Å². The molecule has 0 heterocycles. The molecule has 0 saturated carbocycles. The molecule has 0 radical (unpaired) electrons. The minimum absolute atomic E-state index is 0.294. The van der Waals surface area contributed by atoms with Crippen LogP contribution in [0.5, 0.6) is 0 Å². The summed E-state index contributed by atoms with van der Waals surface area (Å²) in [6.45, 7) is 8.54. The topological polar surface area (TPSA) is 30.5 Å². The molecule has 0 aliphatic heterocycles. The standard InChI is InChI=1S/C9H21NO2/c1-5-10-9(6-11-4)7-12-8(2)3/h8-10H,5-7H2,1-4H3. The van der Waals surface area contributed by atoms with Gasteiger partial charge < -0.3 is 14.8 Å². The molecule has 0 rings (SSSR count). The van der Waals surface area contributed by atoms with Crippen molar-refractivity contribution >= 4 is 0 Å². The number of hydrogen-bond donors (Lipinski definition) is 1. The smallest absolute Gasteiger partial charge is 0.0645 e. The Morgan fingerprint density at radius 1 is 1.25 bits per heavy atom. The Kier molecular flexibility index (Phi) is 7.45. The molecule has 0 fully saturated rings. The highest BCUT2D eigenvalue weighted by atomic mass is 16.5. The van der Waals surface area contributed by atoms with Gasteiger partial charge in [0.15, 0.2) is 0 Å². The summed E-state index contributed by atoms with van der Waals surface area (Å²) in [4.78, 5) is 0. The maximum Gasteiger partial charge on any atom is 0.0645 e. The highest BCUT2D eigenvalue weighted by Crippen LogP contribution is 1.92. The maximum absolute atomic E-state index is 5.47. The minimum atomic E-state index is 0.294. The average molecular weight is 175 g/mol. The molecule has 0 aromatic carbocycles. The van der Waals surface area contributed by atoms with E-state index in [1.165, 1.54) is 0 Å². The lowest BCUT2D eigenvalue weighted by atomic mass is 10.3. The fourth-order valence-corrected chi connectivity index (χ4v) is 0.964. The zero-order valence-corrected chi connectivity index (χ0v) is 8.59. The second-order valence-electron chi connectivity index (χ2n) is 3.09. The predicted octanol–water partition coefficient (Wildman–Crippen LogP) is 1.04. The third-order valence-electron chi connectivity index (χ3n) is 1.49. The molecule has 1 atom stereocenters. The van der Waals surface area contributed by atoms with Crippen LogP contribution in [0, 0.1) is 0 Å². The lowest BCUT2D eigenvalue weighted by molar-refractivity contribution is 0.0396. The van der Waals surface area contributed by atoms with Gasteiger partial charge in [0.2, 0.25) is 0 Å². The second kappa shape index (κ2) is 7.53. The Morgan fingerprint density at radius 2 is 1.92 bits per heavy atom. The SMILES string of the molecule is CCNC(COC)COC(C)C. The Morgan fingerprint density at radius 3 is 2.33 bits per heavy atom. The van der Waals surface area contributed by atoms with Gasteiger partial charge in [0.25, 0.3) is 0 Å². The van der Waals surface area contributed by atoms with E-state index in [2.05, 4.69) is 12.2 Å². The van der Waals surface area contributed by atoms with E-state index < -0.39 is 0 Å². The van der Waals surface area contributed by atoms with E-state index in [4.69, 9.17) is 9.47 Å². The summed E-state index contributed by atoms with van der Waals surface area (Å²) >= 11 is 0. The Labute approximate surface area is 75.4 Å². The highest BCUT2D eigenvalue weighted by molar-refractivity contribution is 4.63. The van der Waals surface area contributed by atoms with Crippen LogP contribution in [0.4, 0.5) is 0 Å². The van der Waals surface area contributed by atoms with Gasteiger partial charge in [0, 0.05) is 7.11 Å². The summed E-state index contributed by atoms with van der Waals surface area (Å²) in [6, 6.07) is 0.322. The maximum atomic E-state index is 5.47. The first-order chi connectivity index (χ1) is 5.70. The zero-order valence-electron chi connectivity index (χ0n) is 8.59. The second-order valence-corrected chi connectivity index (χ2v) is 3.09. The Balaban J connectivity index is 3.48. The molecule has 1 unspecified atom stereocenters. The molecule has 3 nitrogen and oxygen atoms in total. The lowest BCUT2D eigenvalue weighted by Crippen LogP contribution is -2.37. The molecule has 0 saturated heterocycles. The average Bonchev–Trinajstić information content (AvgIpc) is 2.01. The normalized spacial score (nSPS) is 13.8. The first-order valence-corrected chi connectivity index (χ1v) is 4.54. The predicted molar refractivity (Wildman–Crippen MR) is 50.4 cm³/mol. The number of ether oxygens (including phenoxy) is 2. The first kappa shape index (κ1) is 11.9. The molecule has 0 aromatic rings. The number of nitrogens with one attached hydrogen (secondary N) is 1. The van der Waals surface area contributed by atoms with Crippen LogP contribution in [0.3, 0.4) is 0 Å². The zero-order chi connectivity index (χ0) is 9.40. The van der Waals surface area contributed by atoms with Crippen LogP contribution in [-0.4, -0.2) is 39.0 Å². The molecule has 0 aromatic heterocycles. The number of rotatable bonds is 7. The quantitative estimate of drug-likeness (QED) is 0.627. The van der Waals surface area contributed by atoms with Crippen molar-refractivity contribution in [1.82, 2.24) is 5.32 Å². The summed E-state index contributed by atoms with van der Waals surface area (Å²) < 4.78 is 10.5. The van der Waals surface area contributed by atoms with Gasteiger partial charge in [0.1, 0.15) is 0 Å². The van der Waals surface area contributed by atoms with E-state index in [1.54, 1.807) is 7.11 Å². The largest absolute Gasteiger partial charge is 0.383 e. The molecule has 0 spiro atoms. The van der Waals surface area contributed by atoms with E-state index in [0.717, 1.165) is 13.2 Å². The van der Waals surface area contributed by atoms with Gasteiger partial charge in [-0.1, -0.05) is 6.92 Å². The highest BCUT2D eigenvalue weighted by Gasteiger charge is 2.07. The Hall–Kier alpha value is -0.120. The van der Waals surface area contributed by atoms with E-state index in [1.807, 2.05) is 13.8 Å². The van der Waals surface area contributed by atoms with Crippen LogP contribution >= 0.6 is 0 Å².